The smallest absolute Gasteiger partial charge is 0.254 e. The first-order chi connectivity index (χ1) is 12.5. The highest BCUT2D eigenvalue weighted by Crippen LogP contribution is 2.30. The molecule has 0 spiro atoms. The van der Waals surface area contributed by atoms with Crippen molar-refractivity contribution in [3.8, 4) is 0 Å². The van der Waals surface area contributed by atoms with Gasteiger partial charge in [-0.05, 0) is 56.5 Å². The summed E-state index contributed by atoms with van der Waals surface area (Å²) >= 11 is 0. The van der Waals surface area contributed by atoms with Gasteiger partial charge in [0.25, 0.3) is 5.91 Å². The number of amides is 1. The molecule has 2 aromatic carbocycles. The second kappa shape index (κ2) is 8.00. The van der Waals surface area contributed by atoms with Crippen LogP contribution in [0.1, 0.15) is 41.3 Å². The van der Waals surface area contributed by atoms with E-state index in [-0.39, 0.29) is 17.8 Å². The molecule has 1 saturated heterocycles. The second-order valence-corrected chi connectivity index (χ2v) is 7.49. The van der Waals surface area contributed by atoms with Gasteiger partial charge in [0.15, 0.2) is 0 Å². The Morgan fingerprint density at radius 3 is 2.38 bits per heavy atom. The Morgan fingerprint density at radius 1 is 1.12 bits per heavy atom. The van der Waals surface area contributed by atoms with Gasteiger partial charge in [0.1, 0.15) is 5.82 Å². The topological polar surface area (TPSA) is 32.3 Å². The van der Waals surface area contributed by atoms with Crippen molar-refractivity contribution in [2.45, 2.75) is 32.7 Å². The van der Waals surface area contributed by atoms with Crippen LogP contribution in [0.3, 0.4) is 0 Å². The molecule has 0 saturated carbocycles. The minimum Gasteiger partial charge on any atom is -0.336 e. The van der Waals surface area contributed by atoms with Crippen molar-refractivity contribution in [2.75, 3.05) is 19.6 Å². The van der Waals surface area contributed by atoms with Crippen molar-refractivity contribution in [1.29, 1.82) is 0 Å². The first-order valence-electron chi connectivity index (χ1n) is 9.29. The fourth-order valence-corrected chi connectivity index (χ4v) is 3.67. The van der Waals surface area contributed by atoms with Crippen molar-refractivity contribution in [1.82, 2.24) is 10.2 Å². The molecule has 0 bridgehead atoms. The molecule has 1 fully saturated rings. The molecule has 1 aliphatic rings. The van der Waals surface area contributed by atoms with Crippen LogP contribution in [0.5, 0.6) is 0 Å². The Morgan fingerprint density at radius 2 is 1.77 bits per heavy atom. The Labute approximate surface area is 155 Å². The zero-order chi connectivity index (χ0) is 18.7. The predicted molar refractivity (Wildman–Crippen MR) is 103 cm³/mol. The Kier molecular flexibility index (Phi) is 5.72. The Balaban J connectivity index is 1.77. The van der Waals surface area contributed by atoms with Crippen LogP contribution in [0.4, 0.5) is 4.39 Å². The van der Waals surface area contributed by atoms with Gasteiger partial charge in [-0.15, -0.1) is 0 Å². The van der Waals surface area contributed by atoms with E-state index in [1.54, 1.807) is 12.1 Å². The lowest BCUT2D eigenvalue weighted by atomic mass is 9.88. The molecule has 3 nitrogen and oxygen atoms in total. The Bertz CT molecular complexity index is 740. The molecule has 2 aromatic rings. The maximum atomic E-state index is 13.2. The predicted octanol–water partition coefficient (Wildman–Crippen LogP) is 3.99. The lowest BCUT2D eigenvalue weighted by molar-refractivity contribution is 0.0672. The fourth-order valence-electron chi connectivity index (χ4n) is 3.67. The normalized spacial score (nSPS) is 19.7. The fraction of sp³-hybridized carbons (Fsp3) is 0.409. The molecule has 1 aliphatic heterocycles. The van der Waals surface area contributed by atoms with Crippen LogP contribution >= 0.6 is 0 Å². The molecule has 0 aliphatic carbocycles. The number of nitrogens with zero attached hydrogens (tertiary/aromatic N) is 1. The van der Waals surface area contributed by atoms with Gasteiger partial charge >= 0.3 is 0 Å². The van der Waals surface area contributed by atoms with Crippen molar-refractivity contribution in [3.63, 3.8) is 0 Å². The first-order valence-corrected chi connectivity index (χ1v) is 9.29. The number of nitrogens with one attached hydrogen (secondary N) is 1. The lowest BCUT2D eigenvalue weighted by Gasteiger charge is -2.31. The largest absolute Gasteiger partial charge is 0.336 e. The molecule has 4 heteroatoms. The van der Waals surface area contributed by atoms with E-state index in [4.69, 9.17) is 0 Å². The maximum Gasteiger partial charge on any atom is 0.254 e. The first kappa shape index (κ1) is 18.6. The van der Waals surface area contributed by atoms with Gasteiger partial charge in [-0.3, -0.25) is 4.79 Å². The van der Waals surface area contributed by atoms with Crippen molar-refractivity contribution >= 4 is 5.91 Å². The zero-order valence-electron chi connectivity index (χ0n) is 15.7. The van der Waals surface area contributed by atoms with E-state index in [1.807, 2.05) is 18.7 Å². The van der Waals surface area contributed by atoms with Crippen LogP contribution in [-0.2, 0) is 0 Å². The number of benzene rings is 2. The molecule has 2 atom stereocenters. The van der Waals surface area contributed by atoms with Gasteiger partial charge in [-0.25, -0.2) is 4.39 Å². The number of halogens is 1. The standard InChI is InChI=1S/C22H27FN2O/c1-15(2)25(22(26)18-8-10-20(23)11-9-18)14-19-12-24-13-21(19)17-6-4-16(3)5-7-17/h4-11,15,19,21,24H,12-14H2,1-3H3. The number of carbonyl (C=O) groups excluding carboxylic acids is 1. The van der Waals surface area contributed by atoms with Crippen molar-refractivity contribution < 1.29 is 9.18 Å². The summed E-state index contributed by atoms with van der Waals surface area (Å²) in [4.78, 5) is 14.9. The maximum absolute atomic E-state index is 13.2. The molecule has 26 heavy (non-hydrogen) atoms. The van der Waals surface area contributed by atoms with Gasteiger partial charge in [0.05, 0.1) is 0 Å². The summed E-state index contributed by atoms with van der Waals surface area (Å²) in [7, 11) is 0. The summed E-state index contributed by atoms with van der Waals surface area (Å²) in [5.74, 6) is 0.411. The lowest BCUT2D eigenvalue weighted by Crippen LogP contribution is -2.41. The summed E-state index contributed by atoms with van der Waals surface area (Å²) in [5, 5.41) is 3.48. The van der Waals surface area contributed by atoms with E-state index in [9.17, 15) is 9.18 Å². The molecule has 1 N–H and O–H groups in total. The molecule has 3 rings (SSSR count). The minimum absolute atomic E-state index is 0.0328. The molecular weight excluding hydrogens is 327 g/mol. The highest BCUT2D eigenvalue weighted by molar-refractivity contribution is 5.94. The summed E-state index contributed by atoms with van der Waals surface area (Å²) in [5.41, 5.74) is 3.12. The van der Waals surface area contributed by atoms with Crippen LogP contribution in [0.2, 0.25) is 0 Å². The quantitative estimate of drug-likeness (QED) is 0.881. The zero-order valence-corrected chi connectivity index (χ0v) is 15.7. The molecular formula is C22H27FN2O. The van der Waals surface area contributed by atoms with E-state index in [1.165, 1.54) is 23.3 Å². The molecule has 1 amide bonds. The molecule has 1 heterocycles. The molecule has 138 valence electrons. The number of hydrogen-bond donors (Lipinski definition) is 1. The van der Waals surface area contributed by atoms with Crippen LogP contribution < -0.4 is 5.32 Å². The minimum atomic E-state index is -0.322. The summed E-state index contributed by atoms with van der Waals surface area (Å²) in [6.45, 7) is 8.69. The number of aryl methyl sites for hydroxylation is 1. The number of carbonyl (C=O) groups is 1. The monoisotopic (exact) mass is 354 g/mol. The third-order valence-corrected chi connectivity index (χ3v) is 5.25. The van der Waals surface area contributed by atoms with E-state index >= 15 is 0 Å². The van der Waals surface area contributed by atoms with Gasteiger partial charge in [0, 0.05) is 37.2 Å². The highest BCUT2D eigenvalue weighted by Gasteiger charge is 2.32. The summed E-state index contributed by atoms with van der Waals surface area (Å²) < 4.78 is 13.2. The van der Waals surface area contributed by atoms with Gasteiger partial charge < -0.3 is 10.2 Å². The summed E-state index contributed by atoms with van der Waals surface area (Å²) in [6.07, 6.45) is 0. The average molecular weight is 354 g/mol. The summed E-state index contributed by atoms with van der Waals surface area (Å²) in [6, 6.07) is 14.6. The van der Waals surface area contributed by atoms with E-state index < -0.39 is 0 Å². The van der Waals surface area contributed by atoms with E-state index in [0.29, 0.717) is 23.9 Å². The number of rotatable bonds is 5. The average Bonchev–Trinajstić information content (AvgIpc) is 3.08. The molecule has 2 unspecified atom stereocenters. The van der Waals surface area contributed by atoms with E-state index in [0.717, 1.165) is 13.1 Å². The van der Waals surface area contributed by atoms with Crippen LogP contribution in [0.25, 0.3) is 0 Å². The van der Waals surface area contributed by atoms with Crippen molar-refractivity contribution in [3.05, 3.63) is 71.0 Å². The number of hydrogen-bond acceptors (Lipinski definition) is 2. The van der Waals surface area contributed by atoms with Crippen molar-refractivity contribution in [2.24, 2.45) is 5.92 Å². The SMILES string of the molecule is Cc1ccc(C2CNCC2CN(C(=O)c2ccc(F)cc2)C(C)C)cc1. The second-order valence-electron chi connectivity index (χ2n) is 7.49. The van der Waals surface area contributed by atoms with Gasteiger partial charge in [-0.1, -0.05) is 29.8 Å². The van der Waals surface area contributed by atoms with Crippen LogP contribution in [-0.4, -0.2) is 36.5 Å². The highest BCUT2D eigenvalue weighted by atomic mass is 19.1. The third-order valence-electron chi connectivity index (χ3n) is 5.25. The van der Waals surface area contributed by atoms with Crippen LogP contribution in [0.15, 0.2) is 48.5 Å². The van der Waals surface area contributed by atoms with E-state index in [2.05, 4.69) is 36.5 Å². The molecule has 0 radical (unpaired) electrons. The molecule has 0 aromatic heterocycles. The van der Waals surface area contributed by atoms with Gasteiger partial charge in [-0.2, -0.15) is 0 Å². The van der Waals surface area contributed by atoms with Gasteiger partial charge in [0.2, 0.25) is 0 Å². The Hall–Kier alpha value is -2.20. The third kappa shape index (κ3) is 4.13. The van der Waals surface area contributed by atoms with Crippen LogP contribution in [0, 0.1) is 18.7 Å².